The first kappa shape index (κ1) is 17.7. The fourth-order valence-corrected chi connectivity index (χ4v) is 3.93. The first-order valence-electron chi connectivity index (χ1n) is 9.50. The number of rotatable bonds is 5. The maximum absolute atomic E-state index is 12.7. The quantitative estimate of drug-likeness (QED) is 0.754. The van der Waals surface area contributed by atoms with E-state index in [2.05, 4.69) is 30.1 Å². The van der Waals surface area contributed by atoms with Gasteiger partial charge in [0.25, 0.3) is 0 Å². The maximum Gasteiger partial charge on any atom is 0.227 e. The summed E-state index contributed by atoms with van der Waals surface area (Å²) in [5, 5.41) is 5.86. The number of aryl methyl sites for hydroxylation is 1. The molecule has 2 N–H and O–H groups in total. The summed E-state index contributed by atoms with van der Waals surface area (Å²) < 4.78 is 1.89. The number of likely N-dealkylation sites (tertiary alicyclic amines) is 1. The molecule has 6 heteroatoms. The third kappa shape index (κ3) is 3.57. The molecule has 0 spiro atoms. The van der Waals surface area contributed by atoms with E-state index in [9.17, 15) is 4.79 Å². The molecule has 2 aromatic heterocycles. The molecule has 1 saturated heterocycles. The number of nitrogens with zero attached hydrogens (tertiary/aromatic N) is 4. The number of fused-ring (bicyclic) bond motifs is 1. The van der Waals surface area contributed by atoms with Crippen molar-refractivity contribution in [3.63, 3.8) is 0 Å². The van der Waals surface area contributed by atoms with Crippen LogP contribution in [0.2, 0.25) is 0 Å². The van der Waals surface area contributed by atoms with Crippen LogP contribution in [0, 0.1) is 6.92 Å². The summed E-state index contributed by atoms with van der Waals surface area (Å²) in [6, 6.07) is 12.2. The van der Waals surface area contributed by atoms with Crippen LogP contribution in [0.15, 0.2) is 42.6 Å². The highest BCUT2D eigenvalue weighted by molar-refractivity contribution is 5.81. The highest BCUT2D eigenvalue weighted by Gasteiger charge is 2.30. The van der Waals surface area contributed by atoms with Crippen LogP contribution in [-0.2, 0) is 17.8 Å². The van der Waals surface area contributed by atoms with Gasteiger partial charge in [0.1, 0.15) is 0 Å². The molecule has 27 heavy (non-hydrogen) atoms. The van der Waals surface area contributed by atoms with Crippen molar-refractivity contribution >= 4 is 16.9 Å². The van der Waals surface area contributed by atoms with Crippen molar-refractivity contribution in [2.75, 3.05) is 19.6 Å². The topological polar surface area (TPSA) is 77.0 Å². The maximum atomic E-state index is 12.7. The summed E-state index contributed by atoms with van der Waals surface area (Å²) in [6.07, 6.45) is 3.18. The second-order valence-electron chi connectivity index (χ2n) is 7.26. The highest BCUT2D eigenvalue weighted by atomic mass is 16.2. The number of hydrogen-bond acceptors (Lipinski definition) is 4. The van der Waals surface area contributed by atoms with Gasteiger partial charge < -0.3 is 10.6 Å². The van der Waals surface area contributed by atoms with Crippen LogP contribution in [0.5, 0.6) is 0 Å². The number of hydrogen-bond donors (Lipinski definition) is 1. The third-order valence-electron chi connectivity index (χ3n) is 5.24. The Morgan fingerprint density at radius 3 is 3.00 bits per heavy atom. The Balaban J connectivity index is 1.51. The molecule has 1 aliphatic heterocycles. The zero-order chi connectivity index (χ0) is 18.8. The van der Waals surface area contributed by atoms with Crippen LogP contribution in [-0.4, -0.2) is 45.2 Å². The van der Waals surface area contributed by atoms with Gasteiger partial charge in [0, 0.05) is 37.1 Å². The zero-order valence-electron chi connectivity index (χ0n) is 15.6. The molecule has 1 aliphatic rings. The van der Waals surface area contributed by atoms with E-state index in [1.165, 1.54) is 5.56 Å². The van der Waals surface area contributed by atoms with E-state index in [0.717, 1.165) is 35.3 Å². The lowest BCUT2D eigenvalue weighted by molar-refractivity contribution is -0.129. The normalized spacial score (nSPS) is 17.0. The van der Waals surface area contributed by atoms with Gasteiger partial charge in [0.2, 0.25) is 5.91 Å². The molecular formula is C21H25N5O. The van der Waals surface area contributed by atoms with Gasteiger partial charge in [-0.1, -0.05) is 29.8 Å². The average molecular weight is 363 g/mol. The minimum absolute atomic E-state index is 0.187. The number of carbonyl (C=O) groups excluding carboxylic acids is 1. The number of carbonyl (C=O) groups is 1. The van der Waals surface area contributed by atoms with E-state index >= 15 is 0 Å². The molecule has 3 heterocycles. The van der Waals surface area contributed by atoms with Gasteiger partial charge >= 0.3 is 0 Å². The van der Waals surface area contributed by atoms with Crippen molar-refractivity contribution in [2.45, 2.75) is 32.2 Å². The monoisotopic (exact) mass is 363 g/mol. The lowest BCUT2D eigenvalue weighted by Gasteiger charge is -2.16. The summed E-state index contributed by atoms with van der Waals surface area (Å²) in [5.41, 5.74) is 9.89. The van der Waals surface area contributed by atoms with Crippen molar-refractivity contribution in [1.29, 1.82) is 0 Å². The van der Waals surface area contributed by atoms with Crippen LogP contribution >= 0.6 is 0 Å². The van der Waals surface area contributed by atoms with Gasteiger partial charge in [0.15, 0.2) is 5.65 Å². The van der Waals surface area contributed by atoms with E-state index in [1.54, 1.807) is 6.20 Å². The van der Waals surface area contributed by atoms with Crippen LogP contribution < -0.4 is 5.73 Å². The predicted molar refractivity (Wildman–Crippen MR) is 105 cm³/mol. The zero-order valence-corrected chi connectivity index (χ0v) is 15.6. The van der Waals surface area contributed by atoms with Gasteiger partial charge in [-0.2, -0.15) is 5.10 Å². The fraction of sp³-hybridized carbons (Fsp3) is 0.381. The van der Waals surface area contributed by atoms with Crippen LogP contribution in [0.25, 0.3) is 11.0 Å². The summed E-state index contributed by atoms with van der Waals surface area (Å²) >= 11 is 0. The Morgan fingerprint density at radius 1 is 1.30 bits per heavy atom. The third-order valence-corrected chi connectivity index (χ3v) is 5.24. The summed E-state index contributed by atoms with van der Waals surface area (Å²) in [7, 11) is 0. The molecule has 1 fully saturated rings. The van der Waals surface area contributed by atoms with E-state index in [1.807, 2.05) is 27.8 Å². The van der Waals surface area contributed by atoms with Crippen molar-refractivity contribution in [2.24, 2.45) is 5.73 Å². The van der Waals surface area contributed by atoms with Crippen molar-refractivity contribution < 1.29 is 4.79 Å². The molecule has 0 radical (unpaired) electrons. The lowest BCUT2D eigenvalue weighted by atomic mass is 10.0. The van der Waals surface area contributed by atoms with E-state index in [4.69, 9.17) is 10.8 Å². The van der Waals surface area contributed by atoms with Crippen LogP contribution in [0.4, 0.5) is 0 Å². The fourth-order valence-electron chi connectivity index (χ4n) is 3.93. The van der Waals surface area contributed by atoms with E-state index in [0.29, 0.717) is 26.1 Å². The first-order valence-corrected chi connectivity index (χ1v) is 9.50. The number of amides is 1. The van der Waals surface area contributed by atoms with Crippen molar-refractivity contribution in [3.8, 4) is 0 Å². The Hall–Kier alpha value is -2.73. The number of pyridine rings is 1. The molecule has 3 aromatic rings. The smallest absolute Gasteiger partial charge is 0.227 e. The summed E-state index contributed by atoms with van der Waals surface area (Å²) in [4.78, 5) is 19.2. The summed E-state index contributed by atoms with van der Waals surface area (Å²) in [5.74, 6) is 0.434. The average Bonchev–Trinajstić information content (AvgIpc) is 3.28. The van der Waals surface area contributed by atoms with Crippen molar-refractivity contribution in [1.82, 2.24) is 19.7 Å². The number of benzene rings is 1. The molecule has 1 aromatic carbocycles. The van der Waals surface area contributed by atoms with E-state index < -0.39 is 0 Å². The van der Waals surface area contributed by atoms with Gasteiger partial charge in [-0.25, -0.2) is 9.67 Å². The second kappa shape index (κ2) is 7.48. The predicted octanol–water partition coefficient (Wildman–Crippen LogP) is 2.26. The molecule has 0 unspecified atom stereocenters. The van der Waals surface area contributed by atoms with Crippen LogP contribution in [0.3, 0.4) is 0 Å². The Morgan fingerprint density at radius 2 is 2.19 bits per heavy atom. The largest absolute Gasteiger partial charge is 0.342 e. The highest BCUT2D eigenvalue weighted by Crippen LogP contribution is 2.31. The molecule has 0 bridgehead atoms. The molecule has 1 atom stereocenters. The second-order valence-corrected chi connectivity index (χ2v) is 7.26. The molecular weight excluding hydrogens is 338 g/mol. The molecule has 4 rings (SSSR count). The Kier molecular flexibility index (Phi) is 4.90. The Bertz CT molecular complexity index is 964. The number of nitrogens with two attached hydrogens (primary N) is 1. The molecule has 6 nitrogen and oxygen atoms in total. The van der Waals surface area contributed by atoms with Gasteiger partial charge in [0.05, 0.1) is 18.7 Å². The van der Waals surface area contributed by atoms with Crippen LogP contribution in [0.1, 0.15) is 29.2 Å². The molecule has 140 valence electrons. The molecule has 1 amide bonds. The van der Waals surface area contributed by atoms with Gasteiger partial charge in [-0.3, -0.25) is 4.79 Å². The molecule has 0 aliphatic carbocycles. The van der Waals surface area contributed by atoms with Crippen molar-refractivity contribution in [3.05, 3.63) is 59.4 Å². The first-order chi connectivity index (χ1) is 13.2. The van der Waals surface area contributed by atoms with E-state index in [-0.39, 0.29) is 11.8 Å². The number of aromatic nitrogens is 3. The lowest BCUT2D eigenvalue weighted by Crippen LogP contribution is -2.30. The Labute approximate surface area is 159 Å². The van der Waals surface area contributed by atoms with Gasteiger partial charge in [-0.05, 0) is 31.0 Å². The summed E-state index contributed by atoms with van der Waals surface area (Å²) in [6.45, 7) is 4.72. The SMILES string of the molecule is Cc1cccc(CC(=O)N2CC[C@H](c3nn(CCN)c4ncccc34)C2)c1. The van der Waals surface area contributed by atoms with Gasteiger partial charge in [-0.15, -0.1) is 0 Å². The standard InChI is InChI=1S/C21H25N5O/c1-15-4-2-5-16(12-15)13-19(27)25-10-7-17(14-25)20-18-6-3-9-23-21(18)26(24-20)11-8-22/h2-6,9,12,17H,7-8,10-11,13-14,22H2,1H3/t17-/m0/s1. The minimum Gasteiger partial charge on any atom is -0.342 e. The minimum atomic E-state index is 0.187. The molecule has 0 saturated carbocycles.